The van der Waals surface area contributed by atoms with Gasteiger partial charge in [0.2, 0.25) is 0 Å². The third kappa shape index (κ3) is 5.50. The average molecular weight is 397 g/mol. The van der Waals surface area contributed by atoms with Gasteiger partial charge in [-0.2, -0.15) is 11.3 Å². The Kier molecular flexibility index (Phi) is 6.30. The van der Waals surface area contributed by atoms with Gasteiger partial charge in [0.15, 0.2) is 6.61 Å². The van der Waals surface area contributed by atoms with Crippen molar-refractivity contribution in [3.8, 4) is 0 Å². The van der Waals surface area contributed by atoms with Crippen LogP contribution in [0.15, 0.2) is 45.6 Å². The molecule has 120 valence electrons. The molecule has 2 rings (SSSR count). The summed E-state index contributed by atoms with van der Waals surface area (Å²) >= 11 is 4.72. The summed E-state index contributed by atoms with van der Waals surface area (Å²) in [5.41, 5.74) is 5.65. The molecule has 1 heterocycles. The number of halogens is 1. The summed E-state index contributed by atoms with van der Waals surface area (Å²) in [6.45, 7) is -0.459. The lowest BCUT2D eigenvalue weighted by molar-refractivity contribution is -0.148. The van der Waals surface area contributed by atoms with Crippen molar-refractivity contribution in [1.82, 2.24) is 10.9 Å². The van der Waals surface area contributed by atoms with Crippen LogP contribution in [-0.2, 0) is 20.7 Å². The van der Waals surface area contributed by atoms with Crippen molar-refractivity contribution in [2.75, 3.05) is 6.61 Å². The van der Waals surface area contributed by atoms with E-state index in [1.54, 1.807) is 24.3 Å². The smallest absolute Gasteiger partial charge is 0.310 e. The van der Waals surface area contributed by atoms with Crippen LogP contribution in [0, 0.1) is 0 Å². The molecular weight excluding hydrogens is 384 g/mol. The molecule has 0 aliphatic carbocycles. The number of amides is 2. The van der Waals surface area contributed by atoms with Gasteiger partial charge in [-0.05, 0) is 50.5 Å². The molecule has 2 N–H and O–H groups in total. The Balaban J connectivity index is 1.72. The van der Waals surface area contributed by atoms with Gasteiger partial charge in [-0.25, -0.2) is 0 Å². The van der Waals surface area contributed by atoms with Crippen molar-refractivity contribution in [1.29, 1.82) is 0 Å². The highest BCUT2D eigenvalue weighted by Crippen LogP contribution is 2.15. The van der Waals surface area contributed by atoms with Gasteiger partial charge >= 0.3 is 5.97 Å². The second-order valence-corrected chi connectivity index (χ2v) is 6.09. The first-order valence-electron chi connectivity index (χ1n) is 6.56. The topological polar surface area (TPSA) is 84.5 Å². The molecule has 0 spiro atoms. The minimum atomic E-state index is -0.621. The van der Waals surface area contributed by atoms with Gasteiger partial charge in [0.05, 0.1) is 12.0 Å². The van der Waals surface area contributed by atoms with Crippen molar-refractivity contribution >= 4 is 45.1 Å². The van der Waals surface area contributed by atoms with Crippen molar-refractivity contribution in [3.05, 3.63) is 56.7 Å². The van der Waals surface area contributed by atoms with Crippen LogP contribution in [0.5, 0.6) is 0 Å². The molecule has 0 atom stereocenters. The van der Waals surface area contributed by atoms with Crippen molar-refractivity contribution < 1.29 is 19.1 Å². The number of carbonyl (C=O) groups excluding carboxylic acids is 3. The minimum Gasteiger partial charge on any atom is -0.455 e. The molecule has 23 heavy (non-hydrogen) atoms. The van der Waals surface area contributed by atoms with Crippen molar-refractivity contribution in [2.24, 2.45) is 0 Å². The predicted molar refractivity (Wildman–Crippen MR) is 88.7 cm³/mol. The third-order valence-electron chi connectivity index (χ3n) is 2.73. The van der Waals surface area contributed by atoms with Crippen molar-refractivity contribution in [3.63, 3.8) is 0 Å². The largest absolute Gasteiger partial charge is 0.455 e. The Morgan fingerprint density at radius 2 is 1.91 bits per heavy atom. The van der Waals surface area contributed by atoms with Crippen LogP contribution in [0.25, 0.3) is 0 Å². The summed E-state index contributed by atoms with van der Waals surface area (Å²) in [5.74, 6) is -1.60. The fraction of sp³-hybridized carbons (Fsp3) is 0.133. The summed E-state index contributed by atoms with van der Waals surface area (Å²) in [6.07, 6.45) is 0.111. The molecule has 1 aromatic heterocycles. The van der Waals surface area contributed by atoms with E-state index in [9.17, 15) is 14.4 Å². The predicted octanol–water partition coefficient (Wildman–Crippen LogP) is 2.06. The Bertz CT molecular complexity index is 703. The highest BCUT2D eigenvalue weighted by atomic mass is 79.9. The third-order valence-corrected chi connectivity index (χ3v) is 4.15. The lowest BCUT2D eigenvalue weighted by Gasteiger charge is -2.09. The fourth-order valence-electron chi connectivity index (χ4n) is 1.63. The molecule has 0 fully saturated rings. The second kappa shape index (κ2) is 8.44. The van der Waals surface area contributed by atoms with Crippen LogP contribution >= 0.6 is 27.3 Å². The summed E-state index contributed by atoms with van der Waals surface area (Å²) < 4.78 is 5.44. The monoisotopic (exact) mass is 396 g/mol. The number of hydrogen-bond acceptors (Lipinski definition) is 5. The maximum absolute atomic E-state index is 11.9. The zero-order valence-corrected chi connectivity index (χ0v) is 14.3. The molecule has 0 aliphatic rings. The van der Waals surface area contributed by atoms with Gasteiger partial charge in [-0.3, -0.25) is 25.2 Å². The first-order valence-corrected chi connectivity index (χ1v) is 8.30. The summed E-state index contributed by atoms with van der Waals surface area (Å²) in [5, 5.41) is 3.69. The number of hydrazine groups is 1. The molecule has 2 amide bonds. The van der Waals surface area contributed by atoms with Gasteiger partial charge in [-0.15, -0.1) is 0 Å². The molecular formula is C15H13BrN2O4S. The Labute approximate surface area is 144 Å². The average Bonchev–Trinajstić information content (AvgIpc) is 3.04. The molecule has 1 aromatic carbocycles. The molecule has 0 radical (unpaired) electrons. The molecule has 0 unspecified atom stereocenters. The number of benzene rings is 1. The number of thiophene rings is 1. The van der Waals surface area contributed by atoms with Gasteiger partial charge in [0.1, 0.15) is 0 Å². The van der Waals surface area contributed by atoms with Crippen LogP contribution < -0.4 is 10.9 Å². The highest BCUT2D eigenvalue weighted by molar-refractivity contribution is 9.10. The van der Waals surface area contributed by atoms with Crippen molar-refractivity contribution in [2.45, 2.75) is 6.42 Å². The molecule has 0 bridgehead atoms. The number of hydrogen-bond donors (Lipinski definition) is 2. The number of esters is 1. The van der Waals surface area contributed by atoms with E-state index in [0.29, 0.717) is 10.0 Å². The van der Waals surface area contributed by atoms with Crippen LogP contribution in [0.3, 0.4) is 0 Å². The summed E-state index contributed by atoms with van der Waals surface area (Å²) in [6, 6.07) is 8.60. The Hall–Kier alpha value is -2.19. The van der Waals surface area contributed by atoms with E-state index in [1.807, 2.05) is 16.8 Å². The Morgan fingerprint density at radius 3 is 2.61 bits per heavy atom. The number of ether oxygens (including phenoxy) is 1. The SMILES string of the molecule is O=C(COC(=O)Cc1ccsc1)NNC(=O)c1ccccc1Br. The van der Waals surface area contributed by atoms with Crippen LogP contribution in [0.4, 0.5) is 0 Å². The standard InChI is InChI=1S/C15H13BrN2O4S/c16-12-4-2-1-3-11(12)15(21)18-17-13(19)8-22-14(20)7-10-5-6-23-9-10/h1-6,9H,7-8H2,(H,17,19)(H,18,21). The van der Waals surface area contributed by atoms with Gasteiger partial charge in [0.25, 0.3) is 11.8 Å². The molecule has 8 heteroatoms. The van der Waals surface area contributed by atoms with Gasteiger partial charge < -0.3 is 4.74 Å². The summed E-state index contributed by atoms with van der Waals surface area (Å²) in [4.78, 5) is 34.9. The Morgan fingerprint density at radius 1 is 1.13 bits per heavy atom. The summed E-state index contributed by atoms with van der Waals surface area (Å²) in [7, 11) is 0. The lowest BCUT2D eigenvalue weighted by atomic mass is 10.2. The first-order chi connectivity index (χ1) is 11.1. The zero-order valence-electron chi connectivity index (χ0n) is 11.9. The normalized spacial score (nSPS) is 9.96. The molecule has 0 saturated heterocycles. The minimum absolute atomic E-state index is 0.111. The maximum Gasteiger partial charge on any atom is 0.310 e. The molecule has 0 saturated carbocycles. The van der Waals surface area contributed by atoms with E-state index in [2.05, 4.69) is 26.8 Å². The van der Waals surface area contributed by atoms with Gasteiger partial charge in [-0.1, -0.05) is 12.1 Å². The zero-order chi connectivity index (χ0) is 16.7. The molecule has 6 nitrogen and oxygen atoms in total. The van der Waals surface area contributed by atoms with E-state index >= 15 is 0 Å². The molecule has 2 aromatic rings. The van der Waals surface area contributed by atoms with E-state index in [0.717, 1.165) is 5.56 Å². The number of carbonyl (C=O) groups is 3. The maximum atomic E-state index is 11.9. The first kappa shape index (κ1) is 17.2. The van der Waals surface area contributed by atoms with Crippen LogP contribution in [-0.4, -0.2) is 24.4 Å². The van der Waals surface area contributed by atoms with E-state index in [1.165, 1.54) is 11.3 Å². The van der Waals surface area contributed by atoms with E-state index in [4.69, 9.17) is 4.74 Å². The number of rotatable bonds is 5. The lowest BCUT2D eigenvalue weighted by Crippen LogP contribution is -2.43. The second-order valence-electron chi connectivity index (χ2n) is 4.45. The fourth-order valence-corrected chi connectivity index (χ4v) is 2.77. The molecule has 0 aliphatic heterocycles. The van der Waals surface area contributed by atoms with Crippen LogP contribution in [0.2, 0.25) is 0 Å². The quantitative estimate of drug-likeness (QED) is 0.598. The number of nitrogens with one attached hydrogen (secondary N) is 2. The van der Waals surface area contributed by atoms with E-state index in [-0.39, 0.29) is 6.42 Å². The highest BCUT2D eigenvalue weighted by Gasteiger charge is 2.12. The van der Waals surface area contributed by atoms with Crippen LogP contribution in [0.1, 0.15) is 15.9 Å². The van der Waals surface area contributed by atoms with E-state index < -0.39 is 24.4 Å². The van der Waals surface area contributed by atoms with Gasteiger partial charge in [0, 0.05) is 4.47 Å².